The zero-order valence-electron chi connectivity index (χ0n) is 18.7. The molecule has 0 aliphatic carbocycles. The van der Waals surface area contributed by atoms with Gasteiger partial charge in [0.25, 0.3) is 0 Å². The van der Waals surface area contributed by atoms with E-state index in [-0.39, 0.29) is 11.7 Å². The number of nitrogens with zero attached hydrogens (tertiary/aromatic N) is 4. The lowest BCUT2D eigenvalue weighted by molar-refractivity contribution is -0.117. The maximum atomic E-state index is 13.5. The Bertz CT molecular complexity index is 1100. The molecule has 0 spiro atoms. The van der Waals surface area contributed by atoms with E-state index in [0.29, 0.717) is 17.8 Å². The van der Waals surface area contributed by atoms with Crippen LogP contribution < -0.4 is 10.2 Å². The quantitative estimate of drug-likeness (QED) is 0.660. The normalized spacial score (nSPS) is 14.4. The Morgan fingerprint density at radius 3 is 2.28 bits per heavy atom. The van der Waals surface area contributed by atoms with Crippen molar-refractivity contribution in [1.82, 2.24) is 15.1 Å². The number of halogens is 1. The first-order valence-electron chi connectivity index (χ1n) is 10.8. The first-order valence-corrected chi connectivity index (χ1v) is 10.8. The standard InChI is InChI=1S/C25H28FN5O/c1-17-6-4-7-18(2)24(17)27-23(32)16-30-10-12-31(13-11-30)25-19(3)14-22(28-29-25)20-8-5-9-21(26)15-20/h4-9,14-15H,10-13,16H2,1-3H3,(H,27,32). The Labute approximate surface area is 188 Å². The third-order valence-corrected chi connectivity index (χ3v) is 5.86. The van der Waals surface area contributed by atoms with Crippen molar-refractivity contribution in [3.05, 3.63) is 71.0 Å². The van der Waals surface area contributed by atoms with E-state index in [1.165, 1.54) is 12.1 Å². The van der Waals surface area contributed by atoms with E-state index in [1.54, 1.807) is 6.07 Å². The number of hydrogen-bond acceptors (Lipinski definition) is 5. The van der Waals surface area contributed by atoms with Crippen molar-refractivity contribution in [2.75, 3.05) is 42.9 Å². The average molecular weight is 434 g/mol. The second kappa shape index (κ2) is 9.44. The second-order valence-electron chi connectivity index (χ2n) is 8.32. The van der Waals surface area contributed by atoms with Crippen LogP contribution in [0.5, 0.6) is 0 Å². The number of amides is 1. The molecule has 1 N–H and O–H groups in total. The molecule has 166 valence electrons. The lowest BCUT2D eigenvalue weighted by Gasteiger charge is -2.35. The van der Waals surface area contributed by atoms with E-state index in [0.717, 1.165) is 54.4 Å². The Morgan fingerprint density at radius 2 is 1.62 bits per heavy atom. The number of aryl methyl sites for hydroxylation is 3. The third-order valence-electron chi connectivity index (χ3n) is 5.86. The van der Waals surface area contributed by atoms with Crippen molar-refractivity contribution < 1.29 is 9.18 Å². The number of benzene rings is 2. The summed E-state index contributed by atoms with van der Waals surface area (Å²) in [5.41, 5.74) is 5.41. The SMILES string of the molecule is Cc1cc(-c2cccc(F)c2)nnc1N1CCN(CC(=O)Nc2c(C)cccc2C)CC1. The number of para-hydroxylation sites is 1. The Morgan fingerprint density at radius 1 is 0.938 bits per heavy atom. The second-order valence-corrected chi connectivity index (χ2v) is 8.32. The van der Waals surface area contributed by atoms with E-state index in [2.05, 4.69) is 25.3 Å². The molecular formula is C25H28FN5O. The van der Waals surface area contributed by atoms with Gasteiger partial charge in [-0.25, -0.2) is 4.39 Å². The number of hydrogen-bond donors (Lipinski definition) is 1. The summed E-state index contributed by atoms with van der Waals surface area (Å²) in [4.78, 5) is 16.9. The van der Waals surface area contributed by atoms with Crippen LogP contribution in [0.25, 0.3) is 11.3 Å². The highest BCUT2D eigenvalue weighted by molar-refractivity contribution is 5.93. The predicted octanol–water partition coefficient (Wildman–Crippen LogP) is 3.97. The molecule has 0 unspecified atom stereocenters. The third kappa shape index (κ3) is 4.94. The van der Waals surface area contributed by atoms with Crippen LogP contribution in [0.1, 0.15) is 16.7 Å². The van der Waals surface area contributed by atoms with Gasteiger partial charge >= 0.3 is 0 Å². The Balaban J connectivity index is 1.35. The van der Waals surface area contributed by atoms with Gasteiger partial charge in [0.15, 0.2) is 5.82 Å². The molecule has 2 heterocycles. The maximum absolute atomic E-state index is 13.5. The van der Waals surface area contributed by atoms with Gasteiger partial charge in [-0.15, -0.1) is 10.2 Å². The predicted molar refractivity (Wildman–Crippen MR) is 125 cm³/mol. The molecule has 1 aromatic heterocycles. The highest BCUT2D eigenvalue weighted by atomic mass is 19.1. The number of carbonyl (C=O) groups is 1. The topological polar surface area (TPSA) is 61.4 Å². The van der Waals surface area contributed by atoms with Crippen LogP contribution in [-0.2, 0) is 4.79 Å². The van der Waals surface area contributed by atoms with Crippen LogP contribution in [0.3, 0.4) is 0 Å². The minimum Gasteiger partial charge on any atom is -0.352 e. The summed E-state index contributed by atoms with van der Waals surface area (Å²) < 4.78 is 13.5. The van der Waals surface area contributed by atoms with E-state index in [4.69, 9.17) is 0 Å². The molecular weight excluding hydrogens is 405 g/mol. The summed E-state index contributed by atoms with van der Waals surface area (Å²) in [6, 6.07) is 14.3. The molecule has 1 aliphatic rings. The van der Waals surface area contributed by atoms with Crippen molar-refractivity contribution in [2.45, 2.75) is 20.8 Å². The van der Waals surface area contributed by atoms with Crippen LogP contribution in [0.4, 0.5) is 15.9 Å². The zero-order chi connectivity index (χ0) is 22.7. The molecule has 0 atom stereocenters. The first-order chi connectivity index (χ1) is 15.4. The van der Waals surface area contributed by atoms with Gasteiger partial charge in [0.05, 0.1) is 12.2 Å². The summed E-state index contributed by atoms with van der Waals surface area (Å²) in [6.07, 6.45) is 0. The highest BCUT2D eigenvalue weighted by Gasteiger charge is 2.22. The highest BCUT2D eigenvalue weighted by Crippen LogP contribution is 2.24. The van der Waals surface area contributed by atoms with Gasteiger partial charge < -0.3 is 10.2 Å². The van der Waals surface area contributed by atoms with Crippen molar-refractivity contribution >= 4 is 17.4 Å². The largest absolute Gasteiger partial charge is 0.352 e. The summed E-state index contributed by atoms with van der Waals surface area (Å²) in [5.74, 6) is 0.555. The lowest BCUT2D eigenvalue weighted by atomic mass is 10.1. The molecule has 7 heteroatoms. The molecule has 0 saturated carbocycles. The molecule has 1 amide bonds. The van der Waals surface area contributed by atoms with E-state index in [1.807, 2.05) is 51.1 Å². The summed E-state index contributed by atoms with van der Waals surface area (Å²) >= 11 is 0. The van der Waals surface area contributed by atoms with Crippen LogP contribution in [-0.4, -0.2) is 53.7 Å². The molecule has 1 fully saturated rings. The van der Waals surface area contributed by atoms with E-state index in [9.17, 15) is 9.18 Å². The van der Waals surface area contributed by atoms with Crippen molar-refractivity contribution in [1.29, 1.82) is 0 Å². The number of rotatable bonds is 5. The molecule has 3 aromatic rings. The minimum atomic E-state index is -0.288. The van der Waals surface area contributed by atoms with Crippen molar-refractivity contribution in [3.63, 3.8) is 0 Å². The van der Waals surface area contributed by atoms with Gasteiger partial charge in [0, 0.05) is 37.4 Å². The van der Waals surface area contributed by atoms with Gasteiger partial charge in [0.1, 0.15) is 5.82 Å². The molecule has 4 rings (SSSR count). The minimum absolute atomic E-state index is 0.00580. The van der Waals surface area contributed by atoms with Gasteiger partial charge in [-0.05, 0) is 55.7 Å². The molecule has 1 aliphatic heterocycles. The fourth-order valence-electron chi connectivity index (χ4n) is 4.09. The van der Waals surface area contributed by atoms with Crippen molar-refractivity contribution in [2.24, 2.45) is 0 Å². The van der Waals surface area contributed by atoms with Crippen LogP contribution in [0.15, 0.2) is 48.5 Å². The zero-order valence-corrected chi connectivity index (χ0v) is 18.7. The summed E-state index contributed by atoms with van der Waals surface area (Å²) in [7, 11) is 0. The average Bonchev–Trinajstić information content (AvgIpc) is 2.77. The number of carbonyl (C=O) groups excluding carboxylic acids is 1. The fraction of sp³-hybridized carbons (Fsp3) is 0.320. The molecule has 6 nitrogen and oxygen atoms in total. The van der Waals surface area contributed by atoms with Crippen LogP contribution >= 0.6 is 0 Å². The van der Waals surface area contributed by atoms with Crippen molar-refractivity contribution in [3.8, 4) is 11.3 Å². The number of piperazine rings is 1. The fourth-order valence-corrected chi connectivity index (χ4v) is 4.09. The van der Waals surface area contributed by atoms with E-state index >= 15 is 0 Å². The number of anilines is 2. The van der Waals surface area contributed by atoms with Gasteiger partial charge in [-0.3, -0.25) is 9.69 Å². The smallest absolute Gasteiger partial charge is 0.238 e. The van der Waals surface area contributed by atoms with Gasteiger partial charge in [-0.2, -0.15) is 0 Å². The molecule has 32 heavy (non-hydrogen) atoms. The van der Waals surface area contributed by atoms with E-state index < -0.39 is 0 Å². The molecule has 0 bridgehead atoms. The van der Waals surface area contributed by atoms with Crippen LogP contribution in [0.2, 0.25) is 0 Å². The Kier molecular flexibility index (Phi) is 6.46. The summed E-state index contributed by atoms with van der Waals surface area (Å²) in [5, 5.41) is 11.8. The monoisotopic (exact) mass is 433 g/mol. The van der Waals surface area contributed by atoms with Gasteiger partial charge in [-0.1, -0.05) is 30.3 Å². The maximum Gasteiger partial charge on any atom is 0.238 e. The Hall–Kier alpha value is -3.32. The van der Waals surface area contributed by atoms with Crippen LogP contribution in [0, 0.1) is 26.6 Å². The molecule has 2 aromatic carbocycles. The number of nitrogens with one attached hydrogen (secondary N) is 1. The molecule has 1 saturated heterocycles. The lowest BCUT2D eigenvalue weighted by Crippen LogP contribution is -2.49. The first kappa shape index (κ1) is 21.9. The van der Waals surface area contributed by atoms with Gasteiger partial charge in [0.2, 0.25) is 5.91 Å². The molecule has 0 radical (unpaired) electrons. The number of aromatic nitrogens is 2. The summed E-state index contributed by atoms with van der Waals surface area (Å²) in [6.45, 7) is 9.45.